The number of carbonyl (C=O) groups is 1. The molecule has 0 fully saturated rings. The van der Waals surface area contributed by atoms with Crippen molar-refractivity contribution >= 4 is 16.0 Å². The Morgan fingerprint density at radius 1 is 1.45 bits per heavy atom. The fraction of sp³-hybridized carbons (Fsp3) is 0.583. The van der Waals surface area contributed by atoms with Crippen LogP contribution in [-0.2, 0) is 21.8 Å². The van der Waals surface area contributed by atoms with Gasteiger partial charge in [-0.05, 0) is 18.9 Å². The number of nitrogens with zero attached hydrogens (tertiary/aromatic N) is 1. The highest BCUT2D eigenvalue weighted by Crippen LogP contribution is 2.13. The summed E-state index contributed by atoms with van der Waals surface area (Å²) in [7, 11) is -2.19. The molecular formula is C12H20N2O5S. The Hall–Kier alpha value is -1.38. The highest BCUT2D eigenvalue weighted by molar-refractivity contribution is 7.89. The maximum absolute atomic E-state index is 12.0. The summed E-state index contributed by atoms with van der Waals surface area (Å²) in [6, 6.07) is 1.14. The van der Waals surface area contributed by atoms with E-state index < -0.39 is 16.0 Å². The summed E-state index contributed by atoms with van der Waals surface area (Å²) in [6.07, 6.45) is 2.77. The predicted molar refractivity (Wildman–Crippen MR) is 73.3 cm³/mol. The van der Waals surface area contributed by atoms with Crippen molar-refractivity contribution in [1.82, 2.24) is 9.29 Å². The van der Waals surface area contributed by atoms with Crippen LogP contribution in [0, 0.1) is 0 Å². The molecule has 1 aromatic heterocycles. The molecule has 7 nitrogen and oxygen atoms in total. The number of rotatable bonds is 9. The van der Waals surface area contributed by atoms with E-state index in [1.165, 1.54) is 17.8 Å². The van der Waals surface area contributed by atoms with Crippen LogP contribution in [0.2, 0.25) is 0 Å². The second kappa shape index (κ2) is 7.41. The van der Waals surface area contributed by atoms with Crippen molar-refractivity contribution < 1.29 is 23.1 Å². The molecule has 2 N–H and O–H groups in total. The molecule has 0 aromatic carbocycles. The summed E-state index contributed by atoms with van der Waals surface area (Å²) < 4.78 is 32.8. The fourth-order valence-electron chi connectivity index (χ4n) is 1.60. The Morgan fingerprint density at radius 3 is 2.70 bits per heavy atom. The van der Waals surface area contributed by atoms with Crippen molar-refractivity contribution in [2.75, 3.05) is 19.8 Å². The first kappa shape index (κ1) is 16.7. The number of aryl methyl sites for hydroxylation is 1. The van der Waals surface area contributed by atoms with Crippen LogP contribution in [0.25, 0.3) is 0 Å². The quantitative estimate of drug-likeness (QED) is 0.658. The Morgan fingerprint density at radius 2 is 2.15 bits per heavy atom. The van der Waals surface area contributed by atoms with Crippen molar-refractivity contribution in [2.24, 2.45) is 7.05 Å². The van der Waals surface area contributed by atoms with Gasteiger partial charge in [0, 0.05) is 33.0 Å². The lowest BCUT2D eigenvalue weighted by atomic mass is 10.4. The van der Waals surface area contributed by atoms with E-state index in [2.05, 4.69) is 4.72 Å². The SMILES string of the molecule is CCCOCCCNS(=O)(=O)c1cc(C(=O)O)n(C)c1. The number of hydrogen-bond acceptors (Lipinski definition) is 4. The second-order valence-electron chi connectivity index (χ2n) is 4.34. The van der Waals surface area contributed by atoms with Gasteiger partial charge in [0.15, 0.2) is 0 Å². The van der Waals surface area contributed by atoms with E-state index in [1.807, 2.05) is 6.92 Å². The molecule has 0 amide bonds. The molecular weight excluding hydrogens is 284 g/mol. The van der Waals surface area contributed by atoms with Crippen LogP contribution in [0.5, 0.6) is 0 Å². The zero-order valence-corrected chi connectivity index (χ0v) is 12.4. The molecule has 0 aliphatic rings. The molecule has 20 heavy (non-hydrogen) atoms. The van der Waals surface area contributed by atoms with Gasteiger partial charge in [0.2, 0.25) is 10.0 Å². The van der Waals surface area contributed by atoms with E-state index in [0.717, 1.165) is 12.5 Å². The highest BCUT2D eigenvalue weighted by Gasteiger charge is 2.19. The summed E-state index contributed by atoms with van der Waals surface area (Å²) in [4.78, 5) is 10.8. The average molecular weight is 304 g/mol. The molecule has 8 heteroatoms. The van der Waals surface area contributed by atoms with Crippen molar-refractivity contribution in [3.8, 4) is 0 Å². The van der Waals surface area contributed by atoms with Crippen LogP contribution in [0.15, 0.2) is 17.2 Å². The number of nitrogens with one attached hydrogen (secondary N) is 1. The number of carboxylic acids is 1. The molecule has 1 heterocycles. The van der Waals surface area contributed by atoms with E-state index in [0.29, 0.717) is 19.6 Å². The Bertz CT molecular complexity index is 550. The molecule has 1 aromatic rings. The zero-order chi connectivity index (χ0) is 15.2. The normalized spacial score (nSPS) is 11.7. The van der Waals surface area contributed by atoms with Gasteiger partial charge < -0.3 is 14.4 Å². The van der Waals surface area contributed by atoms with Crippen LogP contribution in [-0.4, -0.2) is 43.8 Å². The van der Waals surface area contributed by atoms with Crippen molar-refractivity contribution in [3.63, 3.8) is 0 Å². The van der Waals surface area contributed by atoms with Crippen LogP contribution in [0.1, 0.15) is 30.3 Å². The van der Waals surface area contributed by atoms with Gasteiger partial charge in [-0.1, -0.05) is 6.92 Å². The molecule has 0 saturated heterocycles. The van der Waals surface area contributed by atoms with Crippen molar-refractivity contribution in [3.05, 3.63) is 18.0 Å². The van der Waals surface area contributed by atoms with Crippen LogP contribution in [0.3, 0.4) is 0 Å². The molecule has 0 aliphatic heterocycles. The number of aromatic carboxylic acids is 1. The van der Waals surface area contributed by atoms with Crippen LogP contribution < -0.4 is 4.72 Å². The maximum atomic E-state index is 12.0. The molecule has 0 bridgehead atoms. The van der Waals surface area contributed by atoms with Crippen LogP contribution >= 0.6 is 0 Å². The Labute approximate surface area is 118 Å². The molecule has 0 atom stereocenters. The van der Waals surface area contributed by atoms with Gasteiger partial charge in [-0.3, -0.25) is 0 Å². The fourth-order valence-corrected chi connectivity index (χ4v) is 2.75. The zero-order valence-electron chi connectivity index (χ0n) is 11.6. The summed E-state index contributed by atoms with van der Waals surface area (Å²) in [5.41, 5.74) is -0.0725. The maximum Gasteiger partial charge on any atom is 0.352 e. The first-order valence-corrected chi connectivity index (χ1v) is 7.84. The average Bonchev–Trinajstić information content (AvgIpc) is 2.76. The van der Waals surface area contributed by atoms with Gasteiger partial charge in [0.25, 0.3) is 0 Å². The smallest absolute Gasteiger partial charge is 0.352 e. The van der Waals surface area contributed by atoms with Crippen LogP contribution in [0.4, 0.5) is 0 Å². The standard InChI is InChI=1S/C12H20N2O5S/c1-3-6-19-7-4-5-13-20(17,18)10-8-11(12(15)16)14(2)9-10/h8-9,13H,3-7H2,1-2H3,(H,15,16). The monoisotopic (exact) mass is 304 g/mol. The van der Waals surface area contributed by atoms with Gasteiger partial charge >= 0.3 is 5.97 Å². The molecule has 0 aliphatic carbocycles. The van der Waals surface area contributed by atoms with E-state index in [-0.39, 0.29) is 17.1 Å². The summed E-state index contributed by atoms with van der Waals surface area (Å²) in [5.74, 6) is -1.16. The third-order valence-electron chi connectivity index (χ3n) is 2.62. The summed E-state index contributed by atoms with van der Waals surface area (Å²) >= 11 is 0. The van der Waals surface area contributed by atoms with E-state index in [4.69, 9.17) is 9.84 Å². The first-order valence-electron chi connectivity index (χ1n) is 6.35. The minimum Gasteiger partial charge on any atom is -0.477 e. The lowest BCUT2D eigenvalue weighted by Gasteiger charge is -2.05. The second-order valence-corrected chi connectivity index (χ2v) is 6.11. The highest BCUT2D eigenvalue weighted by atomic mass is 32.2. The summed E-state index contributed by atoms with van der Waals surface area (Å²) in [6.45, 7) is 3.40. The summed E-state index contributed by atoms with van der Waals surface area (Å²) in [5, 5.41) is 8.89. The molecule has 114 valence electrons. The molecule has 0 spiro atoms. The van der Waals surface area contributed by atoms with E-state index >= 15 is 0 Å². The van der Waals surface area contributed by atoms with Gasteiger partial charge in [-0.25, -0.2) is 17.9 Å². The lowest BCUT2D eigenvalue weighted by Crippen LogP contribution is -2.25. The van der Waals surface area contributed by atoms with E-state index in [9.17, 15) is 13.2 Å². The molecule has 0 saturated carbocycles. The number of sulfonamides is 1. The number of carboxylic acid groups (broad SMARTS) is 1. The van der Waals surface area contributed by atoms with Gasteiger partial charge in [-0.2, -0.15) is 0 Å². The lowest BCUT2D eigenvalue weighted by molar-refractivity contribution is 0.0686. The molecule has 0 unspecified atom stereocenters. The number of aromatic nitrogens is 1. The largest absolute Gasteiger partial charge is 0.477 e. The number of hydrogen-bond donors (Lipinski definition) is 2. The third-order valence-corrected chi connectivity index (χ3v) is 4.04. The predicted octanol–water partition coefficient (Wildman–Crippen LogP) is 0.818. The molecule has 0 radical (unpaired) electrons. The van der Waals surface area contributed by atoms with Gasteiger partial charge in [0.1, 0.15) is 10.6 Å². The topological polar surface area (TPSA) is 97.6 Å². The Kier molecular flexibility index (Phi) is 6.18. The van der Waals surface area contributed by atoms with Gasteiger partial charge in [-0.15, -0.1) is 0 Å². The number of ether oxygens (including phenoxy) is 1. The van der Waals surface area contributed by atoms with Crippen molar-refractivity contribution in [2.45, 2.75) is 24.7 Å². The first-order chi connectivity index (χ1) is 9.38. The Balaban J connectivity index is 2.56. The molecule has 1 rings (SSSR count). The van der Waals surface area contributed by atoms with E-state index in [1.54, 1.807) is 0 Å². The minimum atomic E-state index is -3.68. The van der Waals surface area contributed by atoms with Gasteiger partial charge in [0.05, 0.1) is 0 Å². The third kappa shape index (κ3) is 4.62. The van der Waals surface area contributed by atoms with Crippen molar-refractivity contribution in [1.29, 1.82) is 0 Å². The minimum absolute atomic E-state index is 0.0492.